The molecule has 0 saturated carbocycles. The van der Waals surface area contributed by atoms with Crippen molar-refractivity contribution >= 4 is 0 Å². The summed E-state index contributed by atoms with van der Waals surface area (Å²) < 4.78 is 4.30. The Morgan fingerprint density at radius 2 is 2.00 bits per heavy atom. The lowest BCUT2D eigenvalue weighted by Gasteiger charge is -2.17. The molecular weight excluding hydrogens is 142 g/mol. The van der Waals surface area contributed by atoms with Crippen molar-refractivity contribution in [2.45, 2.75) is 5.72 Å². The van der Waals surface area contributed by atoms with E-state index in [9.17, 15) is 10.1 Å². The molecule has 0 aromatic rings. The topological polar surface area (TPSA) is 92.8 Å². The van der Waals surface area contributed by atoms with Crippen LogP contribution in [0.25, 0.3) is 0 Å². The maximum Gasteiger partial charge on any atom is 0.370 e. The van der Waals surface area contributed by atoms with Crippen LogP contribution in [0.5, 0.6) is 0 Å². The summed E-state index contributed by atoms with van der Waals surface area (Å²) in [5.74, 6) is 0. The molecule has 0 rings (SSSR count). The number of nitrogens with zero attached hydrogens (tertiary/aromatic N) is 1. The molecule has 0 saturated heterocycles. The third-order valence-corrected chi connectivity index (χ3v) is 1.21. The van der Waals surface area contributed by atoms with Crippen molar-refractivity contribution in [3.8, 4) is 0 Å². The van der Waals surface area contributed by atoms with Crippen LogP contribution in [0.3, 0.4) is 0 Å². The molecule has 0 aromatic heterocycles. The van der Waals surface area contributed by atoms with E-state index in [4.69, 9.17) is 10.2 Å². The van der Waals surface area contributed by atoms with Crippen LogP contribution in [0, 0.1) is 10.1 Å². The molecule has 0 bridgehead atoms. The molecule has 0 amide bonds. The zero-order valence-electron chi connectivity index (χ0n) is 5.48. The van der Waals surface area contributed by atoms with Crippen LogP contribution >= 0.6 is 0 Å². The van der Waals surface area contributed by atoms with Gasteiger partial charge < -0.3 is 14.9 Å². The number of ether oxygens (including phenoxy) is 1. The van der Waals surface area contributed by atoms with Gasteiger partial charge in [0.2, 0.25) is 0 Å². The molecule has 0 unspecified atom stereocenters. The van der Waals surface area contributed by atoms with E-state index in [2.05, 4.69) is 4.74 Å². The molecule has 0 aliphatic carbocycles. The zero-order valence-corrected chi connectivity index (χ0v) is 5.48. The molecule has 60 valence electrons. The Kier molecular flexibility index (Phi) is 3.20. The molecule has 0 atom stereocenters. The highest BCUT2D eigenvalue weighted by molar-refractivity contribution is 4.63. The molecular formula is C4H9NO5. The Hall–Kier alpha value is -0.720. The largest absolute Gasteiger partial charge is 0.386 e. The highest BCUT2D eigenvalue weighted by Crippen LogP contribution is 2.07. The molecule has 0 aromatic carbocycles. The number of rotatable bonds is 4. The number of hydrogen-bond acceptors (Lipinski definition) is 5. The highest BCUT2D eigenvalue weighted by atomic mass is 16.7. The van der Waals surface area contributed by atoms with Gasteiger partial charge in [0, 0.05) is 7.11 Å². The van der Waals surface area contributed by atoms with Crippen molar-refractivity contribution in [2.75, 3.05) is 20.3 Å². The Bertz CT molecular complexity index is 113. The minimum absolute atomic E-state index is 0.840. The molecule has 6 nitrogen and oxygen atoms in total. The molecule has 6 heteroatoms. The average Bonchev–Trinajstić information content (AvgIpc) is 1.92. The second kappa shape index (κ2) is 3.45. The van der Waals surface area contributed by atoms with Crippen molar-refractivity contribution < 1.29 is 19.9 Å². The van der Waals surface area contributed by atoms with Gasteiger partial charge in [0.1, 0.15) is 13.2 Å². The average molecular weight is 151 g/mol. The van der Waals surface area contributed by atoms with Gasteiger partial charge in [-0.15, -0.1) is 0 Å². The summed E-state index contributed by atoms with van der Waals surface area (Å²) in [6.45, 7) is -1.68. The Morgan fingerprint density at radius 3 is 2.00 bits per heavy atom. The van der Waals surface area contributed by atoms with Crippen molar-refractivity contribution in [2.24, 2.45) is 0 Å². The third kappa shape index (κ3) is 1.41. The van der Waals surface area contributed by atoms with Crippen molar-refractivity contribution in [3.63, 3.8) is 0 Å². The summed E-state index contributed by atoms with van der Waals surface area (Å²) in [5, 5.41) is 26.9. The van der Waals surface area contributed by atoms with E-state index in [-0.39, 0.29) is 0 Å². The van der Waals surface area contributed by atoms with Gasteiger partial charge in [-0.2, -0.15) is 0 Å². The van der Waals surface area contributed by atoms with E-state index in [1.807, 2.05) is 0 Å². The number of nitro groups is 1. The maximum absolute atomic E-state index is 10.1. The fourth-order valence-electron chi connectivity index (χ4n) is 0.369. The minimum Gasteiger partial charge on any atom is -0.386 e. The summed E-state index contributed by atoms with van der Waals surface area (Å²) in [5.41, 5.74) is -2.04. The smallest absolute Gasteiger partial charge is 0.370 e. The summed E-state index contributed by atoms with van der Waals surface area (Å²) in [7, 11) is 1.05. The lowest BCUT2D eigenvalue weighted by molar-refractivity contribution is -0.634. The van der Waals surface area contributed by atoms with Crippen LogP contribution in [-0.4, -0.2) is 41.2 Å². The van der Waals surface area contributed by atoms with Crippen LogP contribution in [0.15, 0.2) is 0 Å². The lowest BCUT2D eigenvalue weighted by Crippen LogP contribution is -2.47. The molecule has 0 aliphatic heterocycles. The first-order valence-corrected chi connectivity index (χ1v) is 2.54. The lowest BCUT2D eigenvalue weighted by atomic mass is 10.3. The number of aliphatic hydroxyl groups is 2. The van der Waals surface area contributed by atoms with E-state index >= 15 is 0 Å². The Labute approximate surface area is 57.2 Å². The van der Waals surface area contributed by atoms with Gasteiger partial charge in [0.25, 0.3) is 0 Å². The van der Waals surface area contributed by atoms with E-state index in [1.54, 1.807) is 0 Å². The molecule has 0 heterocycles. The molecule has 0 radical (unpaired) electrons. The van der Waals surface area contributed by atoms with Crippen molar-refractivity contribution in [1.29, 1.82) is 0 Å². The number of aliphatic hydroxyl groups excluding tert-OH is 2. The van der Waals surface area contributed by atoms with Gasteiger partial charge in [0.05, 0.1) is 4.92 Å². The van der Waals surface area contributed by atoms with E-state index < -0.39 is 23.9 Å². The SMILES string of the molecule is COC(CO)(CO)[N+](=O)[O-]. The second-order valence-corrected chi connectivity index (χ2v) is 1.72. The van der Waals surface area contributed by atoms with Crippen molar-refractivity contribution in [1.82, 2.24) is 0 Å². The van der Waals surface area contributed by atoms with E-state index in [1.165, 1.54) is 0 Å². The van der Waals surface area contributed by atoms with E-state index in [0.717, 1.165) is 7.11 Å². The summed E-state index contributed by atoms with van der Waals surface area (Å²) >= 11 is 0. The highest BCUT2D eigenvalue weighted by Gasteiger charge is 2.41. The first-order chi connectivity index (χ1) is 4.63. The normalized spacial score (nSPS) is 11.5. The maximum atomic E-state index is 10.1. The summed E-state index contributed by atoms with van der Waals surface area (Å²) in [6.07, 6.45) is 0. The van der Waals surface area contributed by atoms with Gasteiger partial charge in [0.15, 0.2) is 0 Å². The number of methoxy groups -OCH3 is 1. The van der Waals surface area contributed by atoms with Crippen LogP contribution in [0.2, 0.25) is 0 Å². The Morgan fingerprint density at radius 1 is 1.60 bits per heavy atom. The van der Waals surface area contributed by atoms with Crippen LogP contribution in [-0.2, 0) is 4.74 Å². The van der Waals surface area contributed by atoms with Gasteiger partial charge in [-0.05, 0) is 0 Å². The van der Waals surface area contributed by atoms with Gasteiger partial charge in [-0.25, -0.2) is 0 Å². The second-order valence-electron chi connectivity index (χ2n) is 1.72. The Balaban J connectivity index is 4.31. The summed E-state index contributed by atoms with van der Waals surface area (Å²) in [4.78, 5) is 9.21. The first-order valence-electron chi connectivity index (χ1n) is 2.54. The van der Waals surface area contributed by atoms with Gasteiger partial charge >= 0.3 is 5.72 Å². The predicted molar refractivity (Wildman–Crippen MR) is 30.9 cm³/mol. The standard InChI is InChI=1S/C4H9NO5/c1-10-4(2-6,3-7)5(8)9/h6-7H,2-3H2,1H3. The molecule has 0 aliphatic rings. The molecule has 0 spiro atoms. The fraction of sp³-hybridized carbons (Fsp3) is 1.00. The summed E-state index contributed by atoms with van der Waals surface area (Å²) in [6, 6.07) is 0. The third-order valence-electron chi connectivity index (χ3n) is 1.21. The number of hydrogen-bond donors (Lipinski definition) is 2. The van der Waals surface area contributed by atoms with Crippen molar-refractivity contribution in [3.05, 3.63) is 10.1 Å². The van der Waals surface area contributed by atoms with Gasteiger partial charge in [-0.1, -0.05) is 0 Å². The zero-order chi connectivity index (χ0) is 8.20. The van der Waals surface area contributed by atoms with Crippen LogP contribution in [0.4, 0.5) is 0 Å². The molecule has 10 heavy (non-hydrogen) atoms. The van der Waals surface area contributed by atoms with Gasteiger partial charge in [-0.3, -0.25) is 10.1 Å². The minimum atomic E-state index is -2.04. The monoisotopic (exact) mass is 151 g/mol. The van der Waals surface area contributed by atoms with E-state index in [0.29, 0.717) is 0 Å². The molecule has 0 fully saturated rings. The van der Waals surface area contributed by atoms with Crippen LogP contribution < -0.4 is 0 Å². The molecule has 2 N–H and O–H groups in total. The van der Waals surface area contributed by atoms with Crippen LogP contribution in [0.1, 0.15) is 0 Å². The quantitative estimate of drug-likeness (QED) is 0.292. The fourth-order valence-corrected chi connectivity index (χ4v) is 0.369. The first kappa shape index (κ1) is 9.28. The predicted octanol–water partition coefficient (Wildman–Crippen LogP) is -1.41.